The quantitative estimate of drug-likeness (QED) is 0.531. The van der Waals surface area contributed by atoms with Crippen LogP contribution in [-0.2, 0) is 24.8 Å². The monoisotopic (exact) mass is 352 g/mol. The van der Waals surface area contributed by atoms with Crippen molar-refractivity contribution in [2.24, 2.45) is 7.05 Å². The molecule has 0 unspecified atom stereocenters. The van der Waals surface area contributed by atoms with E-state index in [4.69, 9.17) is 0 Å². The van der Waals surface area contributed by atoms with Gasteiger partial charge in [-0.25, -0.2) is 4.79 Å². The molecule has 1 aliphatic rings. The number of carbonyl (C=O) groups excluding carboxylic acids is 1. The highest BCUT2D eigenvalue weighted by molar-refractivity contribution is 5.96. The van der Waals surface area contributed by atoms with E-state index in [2.05, 4.69) is 0 Å². The van der Waals surface area contributed by atoms with Crippen LogP contribution >= 0.6 is 0 Å². The lowest BCUT2D eigenvalue weighted by Crippen LogP contribution is -2.35. The Balaban J connectivity index is 1.70. The van der Waals surface area contributed by atoms with E-state index in [1.165, 1.54) is 26.2 Å². The van der Waals surface area contributed by atoms with E-state index < -0.39 is 4.92 Å². The summed E-state index contributed by atoms with van der Waals surface area (Å²) in [7, 11) is 1.67. The van der Waals surface area contributed by atoms with Crippen LogP contribution in [0.1, 0.15) is 5.56 Å². The zero-order chi connectivity index (χ0) is 18.4. The number of non-ortho nitro benzene ring substituents is 1. The summed E-state index contributed by atoms with van der Waals surface area (Å²) in [5.74, 6) is -0.261. The fraction of sp³-hybridized carbons (Fsp3) is 0.222. The third-order valence-electron chi connectivity index (χ3n) is 4.82. The van der Waals surface area contributed by atoms with Gasteiger partial charge in [0, 0.05) is 25.7 Å². The molecule has 8 nitrogen and oxygen atoms in total. The summed E-state index contributed by atoms with van der Waals surface area (Å²) >= 11 is 0. The van der Waals surface area contributed by atoms with Crippen molar-refractivity contribution >= 4 is 28.3 Å². The van der Waals surface area contributed by atoms with Crippen molar-refractivity contribution in [3.8, 4) is 0 Å². The third kappa shape index (κ3) is 2.38. The van der Waals surface area contributed by atoms with Gasteiger partial charge in [-0.15, -0.1) is 0 Å². The van der Waals surface area contributed by atoms with Crippen molar-refractivity contribution in [2.45, 2.75) is 13.0 Å². The van der Waals surface area contributed by atoms with Gasteiger partial charge in [-0.3, -0.25) is 24.0 Å². The Morgan fingerprint density at radius 3 is 2.65 bits per heavy atom. The highest BCUT2D eigenvalue weighted by atomic mass is 16.6. The number of hydrogen-bond acceptors (Lipinski definition) is 4. The van der Waals surface area contributed by atoms with E-state index in [-0.39, 0.29) is 23.8 Å². The number of para-hydroxylation sites is 2. The van der Waals surface area contributed by atoms with Gasteiger partial charge in [0.15, 0.2) is 0 Å². The summed E-state index contributed by atoms with van der Waals surface area (Å²) in [6.07, 6.45) is 0.642. The first-order valence-electron chi connectivity index (χ1n) is 8.19. The third-order valence-corrected chi connectivity index (χ3v) is 4.82. The van der Waals surface area contributed by atoms with Gasteiger partial charge in [0.05, 0.1) is 21.6 Å². The predicted molar refractivity (Wildman–Crippen MR) is 96.3 cm³/mol. The van der Waals surface area contributed by atoms with Crippen LogP contribution in [0.15, 0.2) is 47.3 Å². The number of nitro benzene ring substituents is 1. The van der Waals surface area contributed by atoms with Crippen LogP contribution in [0, 0.1) is 10.1 Å². The summed E-state index contributed by atoms with van der Waals surface area (Å²) in [4.78, 5) is 37.4. The normalized spacial score (nSPS) is 13.2. The molecule has 1 aromatic heterocycles. The summed E-state index contributed by atoms with van der Waals surface area (Å²) in [6, 6.07) is 11.8. The average Bonchev–Trinajstić information content (AvgIpc) is 3.16. The molecule has 26 heavy (non-hydrogen) atoms. The van der Waals surface area contributed by atoms with Crippen LogP contribution in [0.4, 0.5) is 11.4 Å². The first-order valence-corrected chi connectivity index (χ1v) is 8.19. The Kier molecular flexibility index (Phi) is 3.61. The Morgan fingerprint density at radius 2 is 1.92 bits per heavy atom. The first-order chi connectivity index (χ1) is 12.5. The minimum Gasteiger partial charge on any atom is -0.310 e. The molecule has 3 aromatic rings. The van der Waals surface area contributed by atoms with Gasteiger partial charge in [0.1, 0.15) is 6.54 Å². The van der Waals surface area contributed by atoms with E-state index in [0.717, 1.165) is 11.1 Å². The van der Waals surface area contributed by atoms with Crippen molar-refractivity contribution in [3.05, 3.63) is 68.6 Å². The van der Waals surface area contributed by atoms with Gasteiger partial charge < -0.3 is 4.90 Å². The second kappa shape index (κ2) is 5.83. The van der Waals surface area contributed by atoms with Gasteiger partial charge in [-0.05, 0) is 24.1 Å². The van der Waals surface area contributed by atoms with Crippen LogP contribution in [0.2, 0.25) is 0 Å². The van der Waals surface area contributed by atoms with Crippen LogP contribution < -0.4 is 10.6 Å². The topological polar surface area (TPSA) is 90.4 Å². The van der Waals surface area contributed by atoms with E-state index in [0.29, 0.717) is 24.2 Å². The molecular weight excluding hydrogens is 336 g/mol. The second-order valence-electron chi connectivity index (χ2n) is 6.28. The lowest BCUT2D eigenvalue weighted by atomic mass is 10.1. The fourth-order valence-corrected chi connectivity index (χ4v) is 3.48. The highest BCUT2D eigenvalue weighted by Crippen LogP contribution is 2.32. The number of nitro groups is 1. The highest BCUT2D eigenvalue weighted by Gasteiger charge is 2.27. The predicted octanol–water partition coefficient (Wildman–Crippen LogP) is 1.84. The van der Waals surface area contributed by atoms with Gasteiger partial charge >= 0.3 is 5.69 Å². The molecule has 8 heteroatoms. The number of carbonyl (C=O) groups is 1. The number of hydrogen-bond donors (Lipinski definition) is 0. The maximum atomic E-state index is 12.9. The molecule has 1 amide bonds. The van der Waals surface area contributed by atoms with Crippen molar-refractivity contribution in [1.29, 1.82) is 0 Å². The Bertz CT molecular complexity index is 1110. The fourth-order valence-electron chi connectivity index (χ4n) is 3.48. The van der Waals surface area contributed by atoms with Gasteiger partial charge in [0.2, 0.25) is 5.91 Å². The van der Waals surface area contributed by atoms with Crippen molar-refractivity contribution in [3.63, 3.8) is 0 Å². The molecule has 0 radical (unpaired) electrons. The van der Waals surface area contributed by atoms with Crippen molar-refractivity contribution < 1.29 is 9.72 Å². The number of aromatic nitrogens is 2. The van der Waals surface area contributed by atoms with Crippen LogP contribution in [0.5, 0.6) is 0 Å². The van der Waals surface area contributed by atoms with Gasteiger partial charge in [-0.2, -0.15) is 0 Å². The van der Waals surface area contributed by atoms with E-state index in [1.807, 2.05) is 18.2 Å². The summed E-state index contributed by atoms with van der Waals surface area (Å²) in [5, 5.41) is 11.0. The molecule has 2 aromatic carbocycles. The number of anilines is 1. The summed E-state index contributed by atoms with van der Waals surface area (Å²) in [5.41, 5.74) is 2.57. The molecule has 0 N–H and O–H groups in total. The molecule has 2 heterocycles. The smallest absolute Gasteiger partial charge is 0.310 e. The van der Waals surface area contributed by atoms with Gasteiger partial charge in [0.25, 0.3) is 5.69 Å². The summed E-state index contributed by atoms with van der Waals surface area (Å²) < 4.78 is 2.94. The minimum atomic E-state index is -0.476. The molecule has 1 aliphatic heterocycles. The lowest BCUT2D eigenvalue weighted by Gasteiger charge is -2.17. The molecular formula is C18H16N4O4. The maximum Gasteiger partial charge on any atom is 0.329 e. The molecule has 0 atom stereocenters. The molecule has 0 spiro atoms. The number of imidazole rings is 1. The minimum absolute atomic E-state index is 0.0502. The van der Waals surface area contributed by atoms with E-state index in [1.54, 1.807) is 19.2 Å². The van der Waals surface area contributed by atoms with E-state index in [9.17, 15) is 19.7 Å². The van der Waals surface area contributed by atoms with Crippen molar-refractivity contribution in [1.82, 2.24) is 9.13 Å². The van der Waals surface area contributed by atoms with Crippen molar-refractivity contribution in [2.75, 3.05) is 11.4 Å². The first kappa shape index (κ1) is 16.1. The number of nitrogens with zero attached hydrogens (tertiary/aromatic N) is 4. The van der Waals surface area contributed by atoms with Gasteiger partial charge in [-0.1, -0.05) is 18.2 Å². The lowest BCUT2D eigenvalue weighted by molar-refractivity contribution is -0.384. The zero-order valence-corrected chi connectivity index (χ0v) is 14.1. The summed E-state index contributed by atoms with van der Waals surface area (Å²) in [6.45, 7) is 0.344. The zero-order valence-electron chi connectivity index (χ0n) is 14.1. The number of rotatable bonds is 3. The molecule has 4 rings (SSSR count). The Hall–Kier alpha value is -3.42. The molecule has 0 saturated heterocycles. The van der Waals surface area contributed by atoms with Crippen LogP contribution in [0.25, 0.3) is 11.0 Å². The number of amides is 1. The SMILES string of the molecule is Cn1c(=O)n(CC(=O)N2CCc3ccc([N+](=O)[O-])cc32)c2ccccc21. The van der Waals surface area contributed by atoms with Crippen LogP contribution in [-0.4, -0.2) is 26.5 Å². The number of benzene rings is 2. The van der Waals surface area contributed by atoms with Crippen LogP contribution in [0.3, 0.4) is 0 Å². The van der Waals surface area contributed by atoms with E-state index >= 15 is 0 Å². The Morgan fingerprint density at radius 1 is 1.19 bits per heavy atom. The molecule has 0 fully saturated rings. The number of aryl methyl sites for hydroxylation is 1. The second-order valence-corrected chi connectivity index (χ2v) is 6.28. The average molecular weight is 352 g/mol. The molecule has 132 valence electrons. The maximum absolute atomic E-state index is 12.9. The molecule has 0 saturated carbocycles. The number of fused-ring (bicyclic) bond motifs is 2. The standard InChI is InChI=1S/C18H16N4O4/c1-19-14-4-2-3-5-15(14)21(18(19)24)11-17(23)20-9-8-12-6-7-13(22(25)26)10-16(12)20/h2-7,10H,8-9,11H2,1H3. The Labute approximate surface area is 148 Å². The molecule has 0 aliphatic carbocycles. The molecule has 0 bridgehead atoms. The largest absolute Gasteiger partial charge is 0.329 e.